The number of halogens is 1. The number of nitrogens with zero attached hydrogens (tertiary/aromatic N) is 1. The molecular formula is C14H13BrN2O2. The van der Waals surface area contributed by atoms with Crippen molar-refractivity contribution in [3.63, 3.8) is 0 Å². The minimum absolute atomic E-state index is 0.206. The van der Waals surface area contributed by atoms with Crippen molar-refractivity contribution >= 4 is 27.7 Å². The average molecular weight is 321 g/mol. The van der Waals surface area contributed by atoms with Crippen molar-refractivity contribution in [3.8, 4) is 5.75 Å². The third kappa shape index (κ3) is 3.54. The molecule has 0 spiro atoms. The summed E-state index contributed by atoms with van der Waals surface area (Å²) >= 11 is 3.33. The SMILES string of the molecule is CCOc1ccc(C(=O)Nc2ncccc2Br)cc1. The minimum Gasteiger partial charge on any atom is -0.494 e. The Morgan fingerprint density at radius 3 is 2.68 bits per heavy atom. The summed E-state index contributed by atoms with van der Waals surface area (Å²) in [6.07, 6.45) is 1.62. The van der Waals surface area contributed by atoms with Gasteiger partial charge in [-0.25, -0.2) is 4.98 Å². The Morgan fingerprint density at radius 1 is 1.32 bits per heavy atom. The fourth-order valence-corrected chi connectivity index (χ4v) is 1.88. The predicted octanol–water partition coefficient (Wildman–Crippen LogP) is 3.50. The fraction of sp³-hybridized carbons (Fsp3) is 0.143. The van der Waals surface area contributed by atoms with Gasteiger partial charge in [-0.1, -0.05) is 0 Å². The van der Waals surface area contributed by atoms with Crippen LogP contribution in [0.2, 0.25) is 0 Å². The molecule has 0 bridgehead atoms. The van der Waals surface area contributed by atoms with Crippen molar-refractivity contribution in [1.29, 1.82) is 0 Å². The number of benzene rings is 1. The van der Waals surface area contributed by atoms with Gasteiger partial charge in [-0.05, 0) is 59.3 Å². The van der Waals surface area contributed by atoms with E-state index in [1.165, 1.54) is 0 Å². The molecule has 2 aromatic rings. The second kappa shape index (κ2) is 6.33. The molecule has 1 heterocycles. The molecule has 1 aromatic carbocycles. The van der Waals surface area contributed by atoms with Gasteiger partial charge in [0, 0.05) is 11.8 Å². The third-order valence-corrected chi connectivity index (χ3v) is 3.06. The average Bonchev–Trinajstić information content (AvgIpc) is 2.42. The molecule has 5 heteroatoms. The normalized spacial score (nSPS) is 10.0. The molecule has 98 valence electrons. The number of aromatic nitrogens is 1. The van der Waals surface area contributed by atoms with E-state index in [0.717, 1.165) is 10.2 Å². The van der Waals surface area contributed by atoms with Crippen molar-refractivity contribution in [3.05, 3.63) is 52.6 Å². The monoisotopic (exact) mass is 320 g/mol. The second-order valence-electron chi connectivity index (χ2n) is 3.75. The Kier molecular flexibility index (Phi) is 4.52. The van der Waals surface area contributed by atoms with Crippen molar-refractivity contribution in [1.82, 2.24) is 4.98 Å². The standard InChI is InChI=1S/C14H13BrN2O2/c1-2-19-11-7-5-10(6-8-11)14(18)17-13-12(15)4-3-9-16-13/h3-9H,2H2,1H3,(H,16,17,18). The van der Waals surface area contributed by atoms with Gasteiger partial charge in [0.15, 0.2) is 0 Å². The Hall–Kier alpha value is -1.88. The number of ether oxygens (including phenoxy) is 1. The van der Waals surface area contributed by atoms with Crippen molar-refractivity contribution in [2.24, 2.45) is 0 Å². The lowest BCUT2D eigenvalue weighted by molar-refractivity contribution is 0.102. The topological polar surface area (TPSA) is 51.2 Å². The highest BCUT2D eigenvalue weighted by molar-refractivity contribution is 9.10. The van der Waals surface area contributed by atoms with Gasteiger partial charge in [-0.15, -0.1) is 0 Å². The number of hydrogen-bond acceptors (Lipinski definition) is 3. The molecule has 19 heavy (non-hydrogen) atoms. The molecule has 0 aliphatic carbocycles. The van der Waals surface area contributed by atoms with Gasteiger partial charge in [0.1, 0.15) is 11.6 Å². The summed E-state index contributed by atoms with van der Waals surface area (Å²) < 4.78 is 6.07. The molecule has 4 nitrogen and oxygen atoms in total. The van der Waals surface area contributed by atoms with Crippen LogP contribution in [0.15, 0.2) is 47.1 Å². The maximum atomic E-state index is 12.0. The largest absolute Gasteiger partial charge is 0.494 e. The number of hydrogen-bond donors (Lipinski definition) is 1. The maximum Gasteiger partial charge on any atom is 0.256 e. The van der Waals surface area contributed by atoms with E-state index in [9.17, 15) is 4.79 Å². The lowest BCUT2D eigenvalue weighted by Crippen LogP contribution is -2.13. The Morgan fingerprint density at radius 2 is 2.05 bits per heavy atom. The first kappa shape index (κ1) is 13.5. The molecule has 0 saturated carbocycles. The molecule has 0 unspecified atom stereocenters. The lowest BCUT2D eigenvalue weighted by Gasteiger charge is -2.07. The van der Waals surface area contributed by atoms with Gasteiger partial charge >= 0.3 is 0 Å². The first-order valence-corrected chi connectivity index (χ1v) is 6.64. The van der Waals surface area contributed by atoms with Crippen LogP contribution in [0.1, 0.15) is 17.3 Å². The predicted molar refractivity (Wildman–Crippen MR) is 77.5 cm³/mol. The smallest absolute Gasteiger partial charge is 0.256 e. The Bertz CT molecular complexity index is 570. The third-order valence-electron chi connectivity index (χ3n) is 2.42. The van der Waals surface area contributed by atoms with E-state index in [0.29, 0.717) is 18.0 Å². The van der Waals surface area contributed by atoms with E-state index < -0.39 is 0 Å². The van der Waals surface area contributed by atoms with E-state index >= 15 is 0 Å². The highest BCUT2D eigenvalue weighted by Crippen LogP contribution is 2.19. The summed E-state index contributed by atoms with van der Waals surface area (Å²) in [6.45, 7) is 2.52. The van der Waals surface area contributed by atoms with Crippen LogP contribution in [0.3, 0.4) is 0 Å². The summed E-state index contributed by atoms with van der Waals surface area (Å²) in [4.78, 5) is 16.1. The number of pyridine rings is 1. The van der Waals surface area contributed by atoms with Gasteiger partial charge in [-0.2, -0.15) is 0 Å². The Balaban J connectivity index is 2.10. The Labute approximate surface area is 119 Å². The summed E-state index contributed by atoms with van der Waals surface area (Å²) in [5.74, 6) is 1.04. The van der Waals surface area contributed by atoms with E-state index in [1.54, 1.807) is 36.5 Å². The zero-order valence-electron chi connectivity index (χ0n) is 10.4. The number of carbonyl (C=O) groups is 1. The number of rotatable bonds is 4. The fourth-order valence-electron chi connectivity index (χ4n) is 1.53. The van der Waals surface area contributed by atoms with Crippen LogP contribution in [0, 0.1) is 0 Å². The molecule has 0 saturated heterocycles. The molecule has 2 rings (SSSR count). The van der Waals surface area contributed by atoms with E-state index in [1.807, 2.05) is 13.0 Å². The first-order valence-electron chi connectivity index (χ1n) is 5.85. The van der Waals surface area contributed by atoms with E-state index in [-0.39, 0.29) is 5.91 Å². The summed E-state index contributed by atoms with van der Waals surface area (Å²) in [6, 6.07) is 10.6. The van der Waals surface area contributed by atoms with Crippen LogP contribution in [-0.2, 0) is 0 Å². The quantitative estimate of drug-likeness (QED) is 0.938. The van der Waals surface area contributed by atoms with Gasteiger partial charge in [0.25, 0.3) is 5.91 Å². The summed E-state index contributed by atoms with van der Waals surface area (Å²) in [5.41, 5.74) is 0.556. The highest BCUT2D eigenvalue weighted by atomic mass is 79.9. The van der Waals surface area contributed by atoms with Gasteiger partial charge in [0.05, 0.1) is 11.1 Å². The summed E-state index contributed by atoms with van der Waals surface area (Å²) in [5, 5.41) is 2.74. The van der Waals surface area contributed by atoms with Crippen LogP contribution in [0.5, 0.6) is 5.75 Å². The molecule has 1 N–H and O–H groups in total. The second-order valence-corrected chi connectivity index (χ2v) is 4.60. The minimum atomic E-state index is -0.206. The molecule has 0 fully saturated rings. The van der Waals surface area contributed by atoms with E-state index in [4.69, 9.17) is 4.74 Å². The van der Waals surface area contributed by atoms with Crippen molar-refractivity contribution in [2.45, 2.75) is 6.92 Å². The molecule has 1 aromatic heterocycles. The van der Waals surface area contributed by atoms with Crippen LogP contribution >= 0.6 is 15.9 Å². The van der Waals surface area contributed by atoms with Crippen LogP contribution in [0.25, 0.3) is 0 Å². The lowest BCUT2D eigenvalue weighted by atomic mass is 10.2. The van der Waals surface area contributed by atoms with Crippen LogP contribution in [0.4, 0.5) is 5.82 Å². The van der Waals surface area contributed by atoms with Gasteiger partial charge < -0.3 is 10.1 Å². The highest BCUT2D eigenvalue weighted by Gasteiger charge is 2.08. The first-order chi connectivity index (χ1) is 9.20. The van der Waals surface area contributed by atoms with Gasteiger partial charge in [0.2, 0.25) is 0 Å². The van der Waals surface area contributed by atoms with Crippen LogP contribution < -0.4 is 10.1 Å². The molecule has 0 aliphatic rings. The zero-order chi connectivity index (χ0) is 13.7. The molecule has 0 atom stereocenters. The molecular weight excluding hydrogens is 308 g/mol. The summed E-state index contributed by atoms with van der Waals surface area (Å²) in [7, 11) is 0. The van der Waals surface area contributed by atoms with Gasteiger partial charge in [-0.3, -0.25) is 4.79 Å². The number of anilines is 1. The zero-order valence-corrected chi connectivity index (χ0v) is 12.0. The number of nitrogens with one attached hydrogen (secondary N) is 1. The van der Waals surface area contributed by atoms with Crippen molar-refractivity contribution < 1.29 is 9.53 Å². The number of carbonyl (C=O) groups excluding carboxylic acids is 1. The van der Waals surface area contributed by atoms with E-state index in [2.05, 4.69) is 26.2 Å². The molecule has 0 aliphatic heterocycles. The van der Waals surface area contributed by atoms with Crippen molar-refractivity contribution in [2.75, 3.05) is 11.9 Å². The molecule has 1 amide bonds. The molecule has 0 radical (unpaired) electrons. The number of amides is 1. The maximum absolute atomic E-state index is 12.0. The van der Waals surface area contributed by atoms with Crippen LogP contribution in [-0.4, -0.2) is 17.5 Å².